The van der Waals surface area contributed by atoms with Crippen LogP contribution in [0, 0.1) is 17.9 Å². The van der Waals surface area contributed by atoms with Crippen molar-refractivity contribution in [2.45, 2.75) is 0 Å². The number of hydrogen-bond donors (Lipinski definition) is 0. The van der Waals surface area contributed by atoms with Gasteiger partial charge in [-0.05, 0) is 142 Å². The largest absolute Gasteiger partial charge is 0.311 e. The third-order valence-corrected chi connectivity index (χ3v) is 10.6. The smallest absolute Gasteiger partial charge is 0.195 e. The van der Waals surface area contributed by atoms with Crippen LogP contribution >= 0.6 is 0 Å². The minimum absolute atomic E-state index is 0.574. The van der Waals surface area contributed by atoms with Crippen molar-refractivity contribution >= 4 is 85.7 Å². The number of nitriles is 1. The molecule has 0 aliphatic rings. The molecule has 282 valence electrons. The summed E-state index contributed by atoms with van der Waals surface area (Å²) >= 11 is 0. The highest BCUT2D eigenvalue weighted by atomic mass is 15.1. The molecule has 0 radical (unpaired) electrons. The van der Waals surface area contributed by atoms with E-state index in [9.17, 15) is 5.26 Å². The van der Waals surface area contributed by atoms with Crippen LogP contribution in [0.3, 0.4) is 0 Å². The van der Waals surface area contributed by atoms with Gasteiger partial charge < -0.3 is 9.80 Å². The summed E-state index contributed by atoms with van der Waals surface area (Å²) < 4.78 is 0. The van der Waals surface area contributed by atoms with Crippen LogP contribution in [-0.2, 0) is 0 Å². The van der Waals surface area contributed by atoms with Gasteiger partial charge in [0.25, 0.3) is 0 Å². The van der Waals surface area contributed by atoms with Gasteiger partial charge in [-0.1, -0.05) is 127 Å². The van der Waals surface area contributed by atoms with Gasteiger partial charge in [-0.3, -0.25) is 0 Å². The van der Waals surface area contributed by atoms with Gasteiger partial charge in [0.1, 0.15) is 0 Å². The molecule has 0 amide bonds. The standard InChI is InChI=1S/C56H38N4/c1-58-56-37-44(25-23-42-28-32-53(33-29-42)60(50-18-10-4-11-19-50)51-20-12-5-13-21-51)35-46-38-54-45(39-55(46)56)34-43(36-47(54)40-57)24-22-41-26-30-52(31-27-41)59(48-14-6-2-7-15-48)49-16-8-3-9-17-49/h2-39H/b24-22+,25-23+. The molecule has 0 aliphatic heterocycles. The fourth-order valence-electron chi connectivity index (χ4n) is 7.68. The first-order valence-corrected chi connectivity index (χ1v) is 19.8. The van der Waals surface area contributed by atoms with E-state index >= 15 is 0 Å². The number of nitrogens with zero attached hydrogens (tertiary/aromatic N) is 4. The third-order valence-electron chi connectivity index (χ3n) is 10.6. The maximum atomic E-state index is 10.3. The second kappa shape index (κ2) is 17.0. The van der Waals surface area contributed by atoms with Gasteiger partial charge in [0.15, 0.2) is 5.69 Å². The van der Waals surface area contributed by atoms with Gasteiger partial charge >= 0.3 is 0 Å². The van der Waals surface area contributed by atoms with E-state index in [1.165, 1.54) is 0 Å². The summed E-state index contributed by atoms with van der Waals surface area (Å²) in [4.78, 5) is 8.41. The molecular weight excluding hydrogens is 729 g/mol. The number of para-hydroxylation sites is 4. The zero-order chi connectivity index (χ0) is 40.7. The first kappa shape index (κ1) is 37.2. The van der Waals surface area contributed by atoms with Crippen LogP contribution in [0.2, 0.25) is 0 Å². The lowest BCUT2D eigenvalue weighted by atomic mass is 9.95. The summed E-state index contributed by atoms with van der Waals surface area (Å²) in [6, 6.07) is 73.0. The van der Waals surface area contributed by atoms with Gasteiger partial charge in [-0.15, -0.1) is 0 Å². The summed E-state index contributed by atoms with van der Waals surface area (Å²) in [6.45, 7) is 8.08. The molecule has 0 heterocycles. The third kappa shape index (κ3) is 7.91. The van der Waals surface area contributed by atoms with Crippen LogP contribution in [0.1, 0.15) is 27.8 Å². The van der Waals surface area contributed by atoms with E-state index in [1.54, 1.807) is 0 Å². The normalized spacial score (nSPS) is 11.2. The van der Waals surface area contributed by atoms with Crippen molar-refractivity contribution in [1.29, 1.82) is 5.26 Å². The molecule has 0 fully saturated rings. The summed E-state index contributed by atoms with van der Waals surface area (Å²) in [6.07, 6.45) is 8.24. The molecule has 4 nitrogen and oxygen atoms in total. The molecular formula is C56H38N4. The van der Waals surface area contributed by atoms with E-state index in [0.29, 0.717) is 11.3 Å². The first-order valence-electron chi connectivity index (χ1n) is 19.8. The molecule has 9 rings (SSSR count). The number of rotatable bonds is 10. The van der Waals surface area contributed by atoms with Gasteiger partial charge in [0.2, 0.25) is 0 Å². The average molecular weight is 767 g/mol. The number of anilines is 6. The second-order valence-electron chi connectivity index (χ2n) is 14.5. The second-order valence-corrected chi connectivity index (χ2v) is 14.5. The Morgan fingerprint density at radius 2 is 0.733 bits per heavy atom. The van der Waals surface area contributed by atoms with Gasteiger partial charge in [0.05, 0.1) is 18.2 Å². The number of fused-ring (bicyclic) bond motifs is 2. The Kier molecular flexibility index (Phi) is 10.5. The molecule has 0 spiro atoms. The van der Waals surface area contributed by atoms with Crippen LogP contribution in [0.15, 0.2) is 206 Å². The van der Waals surface area contributed by atoms with Crippen LogP contribution < -0.4 is 9.80 Å². The highest BCUT2D eigenvalue weighted by molar-refractivity contribution is 6.07. The predicted octanol–water partition coefficient (Wildman–Crippen LogP) is 15.7. The fourth-order valence-corrected chi connectivity index (χ4v) is 7.68. The Balaban J connectivity index is 0.972. The van der Waals surface area contributed by atoms with Crippen molar-refractivity contribution in [3.63, 3.8) is 0 Å². The highest BCUT2D eigenvalue weighted by Crippen LogP contribution is 2.37. The van der Waals surface area contributed by atoms with Crippen LogP contribution in [0.4, 0.5) is 39.8 Å². The van der Waals surface area contributed by atoms with Gasteiger partial charge in [-0.2, -0.15) is 5.26 Å². The van der Waals surface area contributed by atoms with E-state index in [2.05, 4.69) is 191 Å². The van der Waals surface area contributed by atoms with E-state index < -0.39 is 0 Å². The average Bonchev–Trinajstić information content (AvgIpc) is 3.31. The molecule has 60 heavy (non-hydrogen) atoms. The van der Waals surface area contributed by atoms with E-state index in [4.69, 9.17) is 6.57 Å². The van der Waals surface area contributed by atoms with Crippen molar-refractivity contribution < 1.29 is 0 Å². The Labute approximate surface area is 350 Å². The van der Waals surface area contributed by atoms with Crippen molar-refractivity contribution in [1.82, 2.24) is 0 Å². The van der Waals surface area contributed by atoms with Gasteiger partial charge in [0, 0.05) is 39.5 Å². The van der Waals surface area contributed by atoms with Crippen LogP contribution in [-0.4, -0.2) is 0 Å². The maximum absolute atomic E-state index is 10.3. The van der Waals surface area contributed by atoms with E-state index in [1.807, 2.05) is 60.7 Å². The highest BCUT2D eigenvalue weighted by Gasteiger charge is 2.14. The van der Waals surface area contributed by atoms with Crippen molar-refractivity contribution in [2.75, 3.05) is 9.80 Å². The fraction of sp³-hybridized carbons (Fsp3) is 0. The first-order chi connectivity index (χ1) is 29.6. The summed E-state index contributed by atoms with van der Waals surface area (Å²) in [5.41, 5.74) is 11.6. The maximum Gasteiger partial charge on any atom is 0.195 e. The molecule has 0 aromatic heterocycles. The summed E-state index contributed by atoms with van der Waals surface area (Å²) in [5, 5.41) is 13.9. The number of benzene rings is 9. The van der Waals surface area contributed by atoms with Crippen LogP contribution in [0.25, 0.3) is 50.7 Å². The molecule has 0 saturated heterocycles. The Morgan fingerprint density at radius 3 is 1.13 bits per heavy atom. The monoisotopic (exact) mass is 766 g/mol. The molecule has 9 aromatic rings. The molecule has 0 saturated carbocycles. The lowest BCUT2D eigenvalue weighted by molar-refractivity contribution is 1.28. The van der Waals surface area contributed by atoms with E-state index in [-0.39, 0.29) is 0 Å². The zero-order valence-electron chi connectivity index (χ0n) is 32.7. The molecule has 0 unspecified atom stereocenters. The number of hydrogen-bond acceptors (Lipinski definition) is 3. The minimum Gasteiger partial charge on any atom is -0.311 e. The molecule has 4 heteroatoms. The Bertz CT molecular complexity index is 2780. The quantitative estimate of drug-likeness (QED) is 0.0790. The Morgan fingerprint density at radius 1 is 0.383 bits per heavy atom. The lowest BCUT2D eigenvalue weighted by Crippen LogP contribution is -2.09. The zero-order valence-corrected chi connectivity index (χ0v) is 32.7. The topological polar surface area (TPSA) is 34.6 Å². The summed E-state index contributed by atoms with van der Waals surface area (Å²) in [5.74, 6) is 0. The minimum atomic E-state index is 0.574. The molecule has 0 bridgehead atoms. The summed E-state index contributed by atoms with van der Waals surface area (Å²) in [7, 11) is 0. The van der Waals surface area contributed by atoms with Gasteiger partial charge in [-0.25, -0.2) is 4.85 Å². The molecule has 9 aromatic carbocycles. The SMILES string of the molecule is [C-]#[N+]c1cc(/C=C/c2ccc(N(c3ccccc3)c3ccccc3)cc2)cc2cc3c(C#N)cc(/C=C/c4ccc(N(c5ccccc5)c5ccccc5)cc4)cc3cc12. The molecule has 0 N–H and O–H groups in total. The van der Waals surface area contributed by atoms with Crippen molar-refractivity contribution in [3.8, 4) is 6.07 Å². The molecule has 0 atom stereocenters. The van der Waals surface area contributed by atoms with E-state index in [0.717, 1.165) is 77.9 Å². The van der Waals surface area contributed by atoms with Crippen molar-refractivity contribution in [2.24, 2.45) is 0 Å². The molecule has 0 aliphatic carbocycles. The van der Waals surface area contributed by atoms with Crippen LogP contribution in [0.5, 0.6) is 0 Å². The predicted molar refractivity (Wildman–Crippen MR) is 253 cm³/mol. The van der Waals surface area contributed by atoms with Crippen molar-refractivity contribution in [3.05, 3.63) is 245 Å². The Hall–Kier alpha value is -8.44. The lowest BCUT2D eigenvalue weighted by Gasteiger charge is -2.25.